The smallest absolute Gasteiger partial charge is 0.342 e. The summed E-state index contributed by atoms with van der Waals surface area (Å²) in [7, 11) is 0. The minimum Gasteiger partial charge on any atom is -0.417 e. The monoisotopic (exact) mass is 709 g/mol. The number of esters is 2. The van der Waals surface area contributed by atoms with Gasteiger partial charge in [0.2, 0.25) is 0 Å². The number of fused-ring (bicyclic) bond motifs is 2. The second-order valence-electron chi connectivity index (χ2n) is 13.0. The Kier molecular flexibility index (Phi) is 10.2. The fraction of sp³-hybridized carbons (Fsp3) is 0.209. The summed E-state index contributed by atoms with van der Waals surface area (Å²) < 4.78 is 13.2. The molecule has 0 saturated heterocycles. The SMILES string of the molecule is CCCc1nc2c(C)cc(C(=O)N[C@@H](CS)Cc3ccccc3)cc2n1Cc1ccc(-c2ccccc2C(=O)OC2OC(=O)c3ccccc32)cc1. The molecule has 8 nitrogen and oxygen atoms in total. The number of aryl methyl sites for hydroxylation is 2. The Hall–Kier alpha value is -5.67. The van der Waals surface area contributed by atoms with Gasteiger partial charge in [-0.05, 0) is 71.8 Å². The van der Waals surface area contributed by atoms with Gasteiger partial charge in [-0.15, -0.1) is 0 Å². The van der Waals surface area contributed by atoms with Gasteiger partial charge in [0.1, 0.15) is 5.82 Å². The molecule has 9 heteroatoms. The second-order valence-corrected chi connectivity index (χ2v) is 13.4. The summed E-state index contributed by atoms with van der Waals surface area (Å²) >= 11 is 4.52. The summed E-state index contributed by atoms with van der Waals surface area (Å²) in [6, 6.07) is 36.0. The Morgan fingerprint density at radius 1 is 0.904 bits per heavy atom. The number of amides is 1. The van der Waals surface area contributed by atoms with Gasteiger partial charge in [-0.2, -0.15) is 12.6 Å². The van der Waals surface area contributed by atoms with Crippen LogP contribution in [0.5, 0.6) is 0 Å². The molecule has 0 fully saturated rings. The molecule has 0 bridgehead atoms. The Morgan fingerprint density at radius 3 is 2.37 bits per heavy atom. The highest BCUT2D eigenvalue weighted by Crippen LogP contribution is 2.34. The van der Waals surface area contributed by atoms with Crippen LogP contribution in [0.3, 0.4) is 0 Å². The van der Waals surface area contributed by atoms with Crippen LogP contribution in [-0.2, 0) is 28.9 Å². The Bertz CT molecular complexity index is 2270. The molecule has 1 aliphatic rings. The highest BCUT2D eigenvalue weighted by molar-refractivity contribution is 7.80. The number of nitrogens with one attached hydrogen (secondary N) is 1. The first-order valence-electron chi connectivity index (χ1n) is 17.5. The summed E-state index contributed by atoms with van der Waals surface area (Å²) in [6.45, 7) is 4.69. The first-order chi connectivity index (χ1) is 25.3. The van der Waals surface area contributed by atoms with Gasteiger partial charge in [0.25, 0.3) is 12.2 Å². The average molecular weight is 710 g/mol. The van der Waals surface area contributed by atoms with Crippen molar-refractivity contribution in [2.24, 2.45) is 0 Å². The standard InChI is InChI=1S/C43H39N3O5S/c1-3-11-38-45-39-27(2)22-31(40(47)44-32(26-52)23-28-12-5-4-6-13-28)24-37(39)46(38)25-29-18-20-30(21-19-29)33-14-7-8-15-34(33)41(48)50-43-36-17-10-9-16-35(36)42(49)51-43/h4-10,12-22,24,32,43,52H,3,11,23,25-26H2,1-2H3,(H,44,47)/t32-,43?/m1/s1. The maximum Gasteiger partial charge on any atom is 0.342 e. The van der Waals surface area contributed by atoms with Crippen molar-refractivity contribution >= 4 is 41.5 Å². The van der Waals surface area contributed by atoms with Crippen LogP contribution in [0.25, 0.3) is 22.2 Å². The first-order valence-corrected chi connectivity index (χ1v) is 18.1. The molecule has 1 N–H and O–H groups in total. The van der Waals surface area contributed by atoms with Gasteiger partial charge >= 0.3 is 11.9 Å². The maximum atomic E-state index is 13.6. The molecule has 1 aliphatic heterocycles. The van der Waals surface area contributed by atoms with Gasteiger partial charge in [-0.25, -0.2) is 14.6 Å². The first kappa shape index (κ1) is 34.8. The summed E-state index contributed by atoms with van der Waals surface area (Å²) in [4.78, 5) is 44.3. The molecule has 0 saturated carbocycles. The average Bonchev–Trinajstić information content (AvgIpc) is 3.68. The molecule has 262 valence electrons. The van der Waals surface area contributed by atoms with E-state index in [9.17, 15) is 14.4 Å². The number of hydrogen-bond acceptors (Lipinski definition) is 7. The molecule has 0 spiro atoms. The molecule has 0 aliphatic carbocycles. The largest absolute Gasteiger partial charge is 0.417 e. The van der Waals surface area contributed by atoms with Gasteiger partial charge in [0, 0.05) is 35.9 Å². The van der Waals surface area contributed by atoms with Crippen LogP contribution < -0.4 is 5.32 Å². The zero-order chi connectivity index (χ0) is 36.2. The number of thiol groups is 1. The summed E-state index contributed by atoms with van der Waals surface area (Å²) in [5, 5.41) is 3.19. The predicted molar refractivity (Wildman–Crippen MR) is 205 cm³/mol. The predicted octanol–water partition coefficient (Wildman–Crippen LogP) is 8.31. The number of ether oxygens (including phenoxy) is 2. The number of aromatic nitrogens is 2. The van der Waals surface area contributed by atoms with Crippen LogP contribution in [0.15, 0.2) is 115 Å². The normalized spacial score (nSPS) is 14.1. The highest BCUT2D eigenvalue weighted by atomic mass is 32.1. The highest BCUT2D eigenvalue weighted by Gasteiger charge is 2.34. The number of nitrogens with zero attached hydrogens (tertiary/aromatic N) is 2. The number of carbonyl (C=O) groups is 3. The van der Waals surface area contributed by atoms with Crippen molar-refractivity contribution in [2.75, 3.05) is 5.75 Å². The minimum atomic E-state index is -1.09. The van der Waals surface area contributed by atoms with Crippen molar-refractivity contribution in [1.29, 1.82) is 0 Å². The van der Waals surface area contributed by atoms with E-state index in [1.807, 2.05) is 73.7 Å². The van der Waals surface area contributed by atoms with Crippen molar-refractivity contribution in [1.82, 2.24) is 14.9 Å². The molecule has 1 aromatic heterocycles. The van der Waals surface area contributed by atoms with Crippen LogP contribution in [-0.4, -0.2) is 39.2 Å². The number of benzene rings is 5. The fourth-order valence-corrected chi connectivity index (χ4v) is 6.96. The molecule has 52 heavy (non-hydrogen) atoms. The van der Waals surface area contributed by atoms with Crippen LogP contribution in [0.2, 0.25) is 0 Å². The minimum absolute atomic E-state index is 0.114. The summed E-state index contributed by atoms with van der Waals surface area (Å²) in [6.07, 6.45) is 1.32. The third-order valence-corrected chi connectivity index (χ3v) is 9.80. The molecule has 1 amide bonds. The van der Waals surface area contributed by atoms with Gasteiger partial charge in [-0.1, -0.05) is 97.9 Å². The van der Waals surface area contributed by atoms with Crippen LogP contribution in [0.1, 0.15) is 78.8 Å². The van der Waals surface area contributed by atoms with Crippen molar-refractivity contribution in [2.45, 2.75) is 52.0 Å². The van der Waals surface area contributed by atoms with E-state index in [2.05, 4.69) is 41.6 Å². The topological polar surface area (TPSA) is 99.5 Å². The number of hydrogen-bond donors (Lipinski definition) is 2. The van der Waals surface area contributed by atoms with Gasteiger partial charge in [-0.3, -0.25) is 4.79 Å². The molecule has 7 rings (SSSR count). The molecule has 5 aromatic carbocycles. The van der Waals surface area contributed by atoms with Crippen LogP contribution >= 0.6 is 12.6 Å². The number of carbonyl (C=O) groups excluding carboxylic acids is 3. The molecular formula is C43H39N3O5S. The molecule has 1 unspecified atom stereocenters. The quantitative estimate of drug-likeness (QED) is 0.0980. The molecular weight excluding hydrogens is 671 g/mol. The Balaban J connectivity index is 1.12. The molecule has 2 atom stereocenters. The molecule has 6 aromatic rings. The zero-order valence-electron chi connectivity index (χ0n) is 29.0. The van der Waals surface area contributed by atoms with Crippen molar-refractivity contribution in [3.63, 3.8) is 0 Å². The van der Waals surface area contributed by atoms with Gasteiger partial charge in [0.15, 0.2) is 0 Å². The maximum absolute atomic E-state index is 13.6. The van der Waals surface area contributed by atoms with E-state index in [1.54, 1.807) is 36.4 Å². The van der Waals surface area contributed by atoms with E-state index < -0.39 is 18.2 Å². The number of imidazole rings is 1. The third-order valence-electron chi connectivity index (χ3n) is 9.36. The zero-order valence-corrected chi connectivity index (χ0v) is 29.9. The van der Waals surface area contributed by atoms with Crippen molar-refractivity contribution in [3.05, 3.63) is 160 Å². The summed E-state index contributed by atoms with van der Waals surface area (Å²) in [5.74, 6) is 0.246. The van der Waals surface area contributed by atoms with E-state index in [1.165, 1.54) is 0 Å². The van der Waals surface area contributed by atoms with E-state index >= 15 is 0 Å². The Morgan fingerprint density at radius 2 is 1.62 bits per heavy atom. The van der Waals surface area contributed by atoms with E-state index in [0.717, 1.165) is 52.0 Å². The third kappa shape index (κ3) is 7.22. The van der Waals surface area contributed by atoms with E-state index in [-0.39, 0.29) is 11.9 Å². The van der Waals surface area contributed by atoms with Gasteiger partial charge < -0.3 is 19.4 Å². The van der Waals surface area contributed by atoms with Gasteiger partial charge in [0.05, 0.1) is 22.2 Å². The van der Waals surface area contributed by atoms with Crippen LogP contribution in [0.4, 0.5) is 0 Å². The lowest BCUT2D eigenvalue weighted by Crippen LogP contribution is -2.37. The van der Waals surface area contributed by atoms with Crippen molar-refractivity contribution < 1.29 is 23.9 Å². The summed E-state index contributed by atoms with van der Waals surface area (Å²) in [5.41, 5.74) is 8.35. The number of rotatable bonds is 12. The second kappa shape index (κ2) is 15.3. The lowest BCUT2D eigenvalue weighted by Gasteiger charge is -2.17. The van der Waals surface area contributed by atoms with Crippen molar-refractivity contribution in [3.8, 4) is 11.1 Å². The lowest BCUT2D eigenvalue weighted by molar-refractivity contribution is -0.0723. The van der Waals surface area contributed by atoms with E-state index in [4.69, 9.17) is 14.5 Å². The van der Waals surface area contributed by atoms with E-state index in [0.29, 0.717) is 46.5 Å². The fourth-order valence-electron chi connectivity index (χ4n) is 6.74. The lowest BCUT2D eigenvalue weighted by atomic mass is 9.98. The Labute approximate surface area is 308 Å². The molecule has 2 heterocycles. The number of cyclic esters (lactones) is 1. The molecule has 0 radical (unpaired) electrons. The van der Waals surface area contributed by atoms with Crippen LogP contribution in [0, 0.1) is 6.92 Å².